The van der Waals surface area contributed by atoms with Gasteiger partial charge in [0.15, 0.2) is 0 Å². The number of aliphatic carboxylic acids is 1. The first-order valence-electron chi connectivity index (χ1n) is 8.16. The summed E-state index contributed by atoms with van der Waals surface area (Å²) < 4.78 is 5.54. The van der Waals surface area contributed by atoms with Crippen molar-refractivity contribution in [3.8, 4) is 5.75 Å². The molecular weight excluding hydrogens is 304 g/mol. The van der Waals surface area contributed by atoms with Crippen LogP contribution in [0.2, 0.25) is 0 Å². The number of nitrogens with zero attached hydrogens (tertiary/aromatic N) is 2. The van der Waals surface area contributed by atoms with Gasteiger partial charge in [-0.3, -0.25) is 14.7 Å². The number of ether oxygens (including phenoxy) is 1. The number of methoxy groups -OCH3 is 1. The van der Waals surface area contributed by atoms with Gasteiger partial charge in [-0.25, -0.2) is 0 Å². The van der Waals surface area contributed by atoms with E-state index in [0.717, 1.165) is 35.5 Å². The Bertz CT molecular complexity index is 732. The summed E-state index contributed by atoms with van der Waals surface area (Å²) in [6.07, 6.45) is 3.29. The van der Waals surface area contributed by atoms with E-state index in [9.17, 15) is 9.90 Å². The second-order valence-electron chi connectivity index (χ2n) is 6.08. The van der Waals surface area contributed by atoms with E-state index in [4.69, 9.17) is 4.74 Å². The molecular formula is C19H22N2O3. The maximum Gasteiger partial charge on any atom is 0.320 e. The predicted octanol–water partition coefficient (Wildman–Crippen LogP) is 3.04. The minimum atomic E-state index is -0.777. The molecule has 1 fully saturated rings. The van der Waals surface area contributed by atoms with Gasteiger partial charge in [-0.05, 0) is 37.5 Å². The molecule has 126 valence electrons. The van der Waals surface area contributed by atoms with Gasteiger partial charge >= 0.3 is 5.97 Å². The Morgan fingerprint density at radius 3 is 2.83 bits per heavy atom. The summed E-state index contributed by atoms with van der Waals surface area (Å²) in [6, 6.07) is 11.0. The SMILES string of the molecule is COc1ccccc1C(c1ncccc1C)N1CCCC1C(=O)O. The Hall–Kier alpha value is -2.40. The van der Waals surface area contributed by atoms with Gasteiger partial charge in [0.25, 0.3) is 0 Å². The van der Waals surface area contributed by atoms with E-state index in [2.05, 4.69) is 4.98 Å². The Labute approximate surface area is 141 Å². The molecule has 1 saturated heterocycles. The molecule has 2 unspecified atom stereocenters. The smallest absolute Gasteiger partial charge is 0.320 e. The van der Waals surface area contributed by atoms with Crippen molar-refractivity contribution in [1.82, 2.24) is 9.88 Å². The van der Waals surface area contributed by atoms with Crippen molar-refractivity contribution in [2.45, 2.75) is 31.8 Å². The number of carboxylic acids is 1. The third-order valence-electron chi connectivity index (χ3n) is 4.65. The van der Waals surface area contributed by atoms with Crippen LogP contribution < -0.4 is 4.74 Å². The molecule has 1 aliphatic heterocycles. The largest absolute Gasteiger partial charge is 0.496 e. The summed E-state index contributed by atoms with van der Waals surface area (Å²) in [7, 11) is 1.64. The number of para-hydroxylation sites is 1. The first-order valence-corrected chi connectivity index (χ1v) is 8.16. The molecule has 2 aromatic rings. The van der Waals surface area contributed by atoms with Crippen LogP contribution in [0.15, 0.2) is 42.6 Å². The number of hydrogen-bond donors (Lipinski definition) is 1. The molecule has 5 heteroatoms. The standard InChI is InChI=1S/C19H22N2O3/c1-13-7-5-11-20-17(13)18(14-8-3-4-10-16(14)24-2)21-12-6-9-15(21)19(22)23/h3-5,7-8,10-11,15,18H,6,9,12H2,1-2H3,(H,22,23). The first kappa shape index (κ1) is 16.5. The third kappa shape index (κ3) is 2.99. The number of carboxylic acid groups (broad SMARTS) is 1. The fourth-order valence-electron chi connectivity index (χ4n) is 3.52. The van der Waals surface area contributed by atoms with E-state index in [0.29, 0.717) is 6.42 Å². The molecule has 3 rings (SSSR count). The molecule has 0 spiro atoms. The van der Waals surface area contributed by atoms with Crippen LogP contribution in [0.5, 0.6) is 5.75 Å². The lowest BCUT2D eigenvalue weighted by molar-refractivity contribution is -0.142. The number of pyridine rings is 1. The minimum Gasteiger partial charge on any atom is -0.496 e. The van der Waals surface area contributed by atoms with Crippen LogP contribution in [-0.4, -0.2) is 40.7 Å². The molecule has 1 aromatic heterocycles. The highest BCUT2D eigenvalue weighted by molar-refractivity contribution is 5.74. The van der Waals surface area contributed by atoms with E-state index in [1.165, 1.54) is 0 Å². The van der Waals surface area contributed by atoms with E-state index in [-0.39, 0.29) is 6.04 Å². The molecule has 0 saturated carbocycles. The molecule has 1 aliphatic rings. The summed E-state index contributed by atoms with van der Waals surface area (Å²) >= 11 is 0. The van der Waals surface area contributed by atoms with Gasteiger partial charge in [-0.1, -0.05) is 24.3 Å². The zero-order valence-corrected chi connectivity index (χ0v) is 14.0. The van der Waals surface area contributed by atoms with Crippen molar-refractivity contribution in [1.29, 1.82) is 0 Å². The molecule has 5 nitrogen and oxygen atoms in total. The monoisotopic (exact) mass is 326 g/mol. The highest BCUT2D eigenvalue weighted by Crippen LogP contribution is 2.39. The second kappa shape index (κ2) is 7.01. The summed E-state index contributed by atoms with van der Waals surface area (Å²) in [5.41, 5.74) is 2.88. The topological polar surface area (TPSA) is 62.7 Å². The maximum absolute atomic E-state index is 11.7. The van der Waals surface area contributed by atoms with Crippen LogP contribution in [-0.2, 0) is 4.79 Å². The molecule has 0 bridgehead atoms. The molecule has 0 amide bonds. The van der Waals surface area contributed by atoms with Crippen molar-refractivity contribution < 1.29 is 14.6 Å². The predicted molar refractivity (Wildman–Crippen MR) is 91.2 cm³/mol. The molecule has 2 heterocycles. The number of rotatable bonds is 5. The number of hydrogen-bond acceptors (Lipinski definition) is 4. The highest BCUT2D eigenvalue weighted by atomic mass is 16.5. The van der Waals surface area contributed by atoms with Crippen molar-refractivity contribution in [2.75, 3.05) is 13.7 Å². The summed E-state index contributed by atoms with van der Waals surface area (Å²) in [5, 5.41) is 9.63. The number of carbonyl (C=O) groups is 1. The fourth-order valence-corrected chi connectivity index (χ4v) is 3.52. The Kier molecular flexibility index (Phi) is 4.81. The lowest BCUT2D eigenvalue weighted by atomic mass is 9.96. The van der Waals surface area contributed by atoms with Crippen molar-refractivity contribution >= 4 is 5.97 Å². The fraction of sp³-hybridized carbons (Fsp3) is 0.368. The minimum absolute atomic E-state index is 0.231. The van der Waals surface area contributed by atoms with Gasteiger partial charge in [0.1, 0.15) is 11.8 Å². The van der Waals surface area contributed by atoms with Gasteiger partial charge < -0.3 is 9.84 Å². The average molecular weight is 326 g/mol. The molecule has 2 atom stereocenters. The maximum atomic E-state index is 11.7. The van der Waals surface area contributed by atoms with Gasteiger partial charge in [0, 0.05) is 18.3 Å². The number of aryl methyl sites for hydroxylation is 1. The molecule has 24 heavy (non-hydrogen) atoms. The summed E-state index contributed by atoms with van der Waals surface area (Å²) in [5.74, 6) is -0.0235. The van der Waals surface area contributed by atoms with Gasteiger partial charge in [-0.2, -0.15) is 0 Å². The first-order chi connectivity index (χ1) is 11.6. The Balaban J connectivity index is 2.15. The van der Waals surface area contributed by atoms with E-state index in [1.807, 2.05) is 48.2 Å². The Morgan fingerprint density at radius 1 is 1.33 bits per heavy atom. The third-order valence-corrected chi connectivity index (χ3v) is 4.65. The molecule has 1 aromatic carbocycles. The second-order valence-corrected chi connectivity index (χ2v) is 6.08. The van der Waals surface area contributed by atoms with Crippen LogP contribution in [0.25, 0.3) is 0 Å². The lowest BCUT2D eigenvalue weighted by Crippen LogP contribution is -2.40. The number of likely N-dealkylation sites (tertiary alicyclic amines) is 1. The number of benzene rings is 1. The quantitative estimate of drug-likeness (QED) is 0.915. The molecule has 0 aliphatic carbocycles. The summed E-state index contributed by atoms with van der Waals surface area (Å²) in [6.45, 7) is 2.74. The van der Waals surface area contributed by atoms with Gasteiger partial charge in [-0.15, -0.1) is 0 Å². The Morgan fingerprint density at radius 2 is 2.12 bits per heavy atom. The summed E-state index contributed by atoms with van der Waals surface area (Å²) in [4.78, 5) is 18.3. The van der Waals surface area contributed by atoms with Crippen LogP contribution in [0, 0.1) is 6.92 Å². The van der Waals surface area contributed by atoms with E-state index < -0.39 is 12.0 Å². The van der Waals surface area contributed by atoms with E-state index >= 15 is 0 Å². The van der Waals surface area contributed by atoms with Crippen molar-refractivity contribution in [3.05, 3.63) is 59.4 Å². The molecule has 0 radical (unpaired) electrons. The average Bonchev–Trinajstić information content (AvgIpc) is 3.07. The van der Waals surface area contributed by atoms with Crippen LogP contribution in [0.4, 0.5) is 0 Å². The number of aromatic nitrogens is 1. The highest BCUT2D eigenvalue weighted by Gasteiger charge is 2.38. The van der Waals surface area contributed by atoms with Crippen molar-refractivity contribution in [2.24, 2.45) is 0 Å². The zero-order chi connectivity index (χ0) is 17.1. The normalized spacial score (nSPS) is 19.2. The lowest BCUT2D eigenvalue weighted by Gasteiger charge is -2.32. The van der Waals surface area contributed by atoms with Gasteiger partial charge in [0.05, 0.1) is 18.8 Å². The van der Waals surface area contributed by atoms with Crippen LogP contribution >= 0.6 is 0 Å². The molecule has 1 N–H and O–H groups in total. The van der Waals surface area contributed by atoms with Crippen LogP contribution in [0.3, 0.4) is 0 Å². The zero-order valence-electron chi connectivity index (χ0n) is 14.0. The van der Waals surface area contributed by atoms with E-state index in [1.54, 1.807) is 13.3 Å². The van der Waals surface area contributed by atoms with Crippen molar-refractivity contribution in [3.63, 3.8) is 0 Å². The van der Waals surface area contributed by atoms with Gasteiger partial charge in [0.2, 0.25) is 0 Å². The van der Waals surface area contributed by atoms with Crippen LogP contribution in [0.1, 0.15) is 35.7 Å².